The summed E-state index contributed by atoms with van der Waals surface area (Å²) in [4.78, 5) is 17.8. The van der Waals surface area contributed by atoms with E-state index >= 15 is 0 Å². The fourth-order valence-electron chi connectivity index (χ4n) is 1.89. The van der Waals surface area contributed by atoms with Gasteiger partial charge in [-0.05, 0) is 12.8 Å². The van der Waals surface area contributed by atoms with Crippen molar-refractivity contribution in [2.24, 2.45) is 0 Å². The Balaban J connectivity index is 2.06. The van der Waals surface area contributed by atoms with Crippen LogP contribution in [0.4, 0.5) is 0 Å². The second-order valence-corrected chi connectivity index (χ2v) is 3.95. The minimum absolute atomic E-state index is 0.0162. The summed E-state index contributed by atoms with van der Waals surface area (Å²) in [5.74, 6) is 0.903. The molecule has 0 aromatic carbocycles. The Morgan fingerprint density at radius 3 is 2.53 bits per heavy atom. The predicted molar refractivity (Wildman–Crippen MR) is 55.6 cm³/mol. The van der Waals surface area contributed by atoms with E-state index < -0.39 is 0 Å². The van der Waals surface area contributed by atoms with Gasteiger partial charge in [-0.2, -0.15) is 0 Å². The van der Waals surface area contributed by atoms with Crippen LogP contribution >= 0.6 is 0 Å². The van der Waals surface area contributed by atoms with E-state index in [1.807, 2.05) is 4.90 Å². The number of carbonyl (C=O) groups excluding carboxylic acids is 1. The number of hydrogen-bond acceptors (Lipinski definition) is 3. The quantitative estimate of drug-likeness (QED) is 0.709. The first-order chi connectivity index (χ1) is 7.27. The number of rotatable bonds is 1. The van der Waals surface area contributed by atoms with Crippen molar-refractivity contribution in [2.75, 3.05) is 13.1 Å². The number of hydrogen-bond donors (Lipinski definition) is 0. The molecule has 2 rings (SSSR count). The molecule has 1 aromatic heterocycles. The second kappa shape index (κ2) is 4.47. The highest BCUT2D eigenvalue weighted by Crippen LogP contribution is 2.13. The van der Waals surface area contributed by atoms with Gasteiger partial charge in [0.25, 0.3) is 5.91 Å². The van der Waals surface area contributed by atoms with Gasteiger partial charge < -0.3 is 9.32 Å². The van der Waals surface area contributed by atoms with Crippen molar-refractivity contribution in [3.63, 3.8) is 0 Å². The van der Waals surface area contributed by atoms with Crippen molar-refractivity contribution in [2.45, 2.75) is 32.6 Å². The number of carbonyl (C=O) groups is 1. The van der Waals surface area contributed by atoms with E-state index in [1.54, 1.807) is 6.92 Å². The van der Waals surface area contributed by atoms with Crippen LogP contribution in [0, 0.1) is 6.92 Å². The Morgan fingerprint density at radius 2 is 2.00 bits per heavy atom. The summed E-state index contributed by atoms with van der Waals surface area (Å²) in [6.45, 7) is 3.44. The van der Waals surface area contributed by atoms with Crippen LogP contribution in [0.3, 0.4) is 0 Å². The van der Waals surface area contributed by atoms with Gasteiger partial charge in [0.05, 0.1) is 6.20 Å². The maximum atomic E-state index is 12.0. The molecule has 82 valence electrons. The number of nitrogens with zero attached hydrogens (tertiary/aromatic N) is 2. The molecular weight excluding hydrogens is 192 g/mol. The number of aryl methyl sites for hydroxylation is 1. The molecule has 1 aliphatic rings. The predicted octanol–water partition coefficient (Wildman–Crippen LogP) is 2.00. The molecule has 0 radical (unpaired) electrons. The van der Waals surface area contributed by atoms with Crippen LogP contribution in [-0.4, -0.2) is 28.9 Å². The average Bonchev–Trinajstić information content (AvgIpc) is 2.53. The molecule has 1 aliphatic heterocycles. The van der Waals surface area contributed by atoms with Crippen molar-refractivity contribution in [3.8, 4) is 0 Å². The normalized spacial score (nSPS) is 17.5. The molecule has 4 heteroatoms. The van der Waals surface area contributed by atoms with Gasteiger partial charge in [0.2, 0.25) is 5.76 Å². The summed E-state index contributed by atoms with van der Waals surface area (Å²) in [6, 6.07) is 0. The molecule has 15 heavy (non-hydrogen) atoms. The van der Waals surface area contributed by atoms with Gasteiger partial charge >= 0.3 is 0 Å². The summed E-state index contributed by atoms with van der Waals surface area (Å²) >= 11 is 0. The summed E-state index contributed by atoms with van der Waals surface area (Å²) in [6.07, 6.45) is 6.15. The highest BCUT2D eigenvalue weighted by molar-refractivity contribution is 5.91. The minimum atomic E-state index is -0.0162. The average molecular weight is 208 g/mol. The standard InChI is InChI=1S/C11H16N2O2/c1-9-12-8-10(15-9)11(14)13-6-4-2-3-5-7-13/h8H,2-7H2,1H3. The van der Waals surface area contributed by atoms with Gasteiger partial charge in [-0.1, -0.05) is 12.8 Å². The summed E-state index contributed by atoms with van der Waals surface area (Å²) in [7, 11) is 0. The Morgan fingerprint density at radius 1 is 1.33 bits per heavy atom. The van der Waals surface area contributed by atoms with Gasteiger partial charge in [0.15, 0.2) is 5.89 Å². The van der Waals surface area contributed by atoms with Crippen LogP contribution in [0.2, 0.25) is 0 Å². The lowest BCUT2D eigenvalue weighted by Crippen LogP contribution is -2.31. The molecule has 2 heterocycles. The van der Waals surface area contributed by atoms with Gasteiger partial charge in [0, 0.05) is 20.0 Å². The van der Waals surface area contributed by atoms with Gasteiger partial charge in [-0.3, -0.25) is 4.79 Å². The molecule has 0 aliphatic carbocycles. The topological polar surface area (TPSA) is 46.3 Å². The van der Waals surface area contributed by atoms with Crippen molar-refractivity contribution >= 4 is 5.91 Å². The molecule has 1 fully saturated rings. The van der Waals surface area contributed by atoms with Crippen LogP contribution in [0.1, 0.15) is 42.1 Å². The van der Waals surface area contributed by atoms with Gasteiger partial charge in [-0.15, -0.1) is 0 Å². The third-order valence-electron chi connectivity index (χ3n) is 2.73. The molecule has 0 unspecified atom stereocenters. The van der Waals surface area contributed by atoms with E-state index in [4.69, 9.17) is 4.42 Å². The van der Waals surface area contributed by atoms with E-state index in [9.17, 15) is 4.79 Å². The Kier molecular flexibility index (Phi) is 3.04. The third kappa shape index (κ3) is 2.37. The Hall–Kier alpha value is -1.32. The second-order valence-electron chi connectivity index (χ2n) is 3.95. The van der Waals surface area contributed by atoms with E-state index in [0.29, 0.717) is 11.7 Å². The molecule has 0 atom stereocenters. The van der Waals surface area contributed by atoms with E-state index in [0.717, 1.165) is 25.9 Å². The zero-order valence-corrected chi connectivity index (χ0v) is 9.03. The van der Waals surface area contributed by atoms with E-state index in [2.05, 4.69) is 4.98 Å². The van der Waals surface area contributed by atoms with Crippen LogP contribution < -0.4 is 0 Å². The summed E-state index contributed by atoms with van der Waals surface area (Å²) in [5, 5.41) is 0. The van der Waals surface area contributed by atoms with Crippen LogP contribution in [0.15, 0.2) is 10.6 Å². The number of amides is 1. The maximum absolute atomic E-state index is 12.0. The van der Waals surface area contributed by atoms with Gasteiger partial charge in [-0.25, -0.2) is 4.98 Å². The molecule has 1 aromatic rings. The Labute approximate surface area is 89.3 Å². The first kappa shape index (κ1) is 10.2. The smallest absolute Gasteiger partial charge is 0.291 e. The van der Waals surface area contributed by atoms with Crippen LogP contribution in [0.25, 0.3) is 0 Å². The van der Waals surface area contributed by atoms with Crippen molar-refractivity contribution in [1.29, 1.82) is 0 Å². The fourth-order valence-corrected chi connectivity index (χ4v) is 1.89. The minimum Gasteiger partial charge on any atom is -0.436 e. The molecule has 0 N–H and O–H groups in total. The van der Waals surface area contributed by atoms with Crippen LogP contribution in [0.5, 0.6) is 0 Å². The molecular formula is C11H16N2O2. The highest BCUT2D eigenvalue weighted by Gasteiger charge is 2.20. The summed E-state index contributed by atoms with van der Waals surface area (Å²) in [5.41, 5.74) is 0. The van der Waals surface area contributed by atoms with Crippen molar-refractivity contribution in [3.05, 3.63) is 17.8 Å². The molecule has 1 saturated heterocycles. The number of aromatic nitrogens is 1. The maximum Gasteiger partial charge on any atom is 0.291 e. The largest absolute Gasteiger partial charge is 0.436 e. The number of likely N-dealkylation sites (tertiary alicyclic amines) is 1. The third-order valence-corrected chi connectivity index (χ3v) is 2.73. The van der Waals surface area contributed by atoms with Gasteiger partial charge in [0.1, 0.15) is 0 Å². The molecule has 0 bridgehead atoms. The molecule has 4 nitrogen and oxygen atoms in total. The monoisotopic (exact) mass is 208 g/mol. The zero-order chi connectivity index (χ0) is 10.7. The van der Waals surface area contributed by atoms with Crippen molar-refractivity contribution in [1.82, 2.24) is 9.88 Å². The van der Waals surface area contributed by atoms with E-state index in [-0.39, 0.29) is 5.91 Å². The number of oxazole rings is 1. The van der Waals surface area contributed by atoms with Crippen molar-refractivity contribution < 1.29 is 9.21 Å². The molecule has 0 saturated carbocycles. The lowest BCUT2D eigenvalue weighted by molar-refractivity contribution is 0.0728. The summed E-state index contributed by atoms with van der Waals surface area (Å²) < 4.78 is 5.24. The molecule has 0 spiro atoms. The first-order valence-electron chi connectivity index (χ1n) is 5.49. The zero-order valence-electron chi connectivity index (χ0n) is 9.03. The van der Waals surface area contributed by atoms with Crippen LogP contribution in [-0.2, 0) is 0 Å². The Bertz CT molecular complexity index is 338. The van der Waals surface area contributed by atoms with E-state index in [1.165, 1.54) is 19.0 Å². The molecule has 1 amide bonds. The SMILES string of the molecule is Cc1ncc(C(=O)N2CCCCCC2)o1. The lowest BCUT2D eigenvalue weighted by Gasteiger charge is -2.18. The lowest BCUT2D eigenvalue weighted by atomic mass is 10.2. The first-order valence-corrected chi connectivity index (χ1v) is 5.49. The highest BCUT2D eigenvalue weighted by atomic mass is 16.4. The fraction of sp³-hybridized carbons (Fsp3) is 0.636.